The van der Waals surface area contributed by atoms with Crippen molar-refractivity contribution in [2.45, 2.75) is 6.54 Å². The van der Waals surface area contributed by atoms with Gasteiger partial charge in [-0.3, -0.25) is 9.59 Å². The highest BCUT2D eigenvalue weighted by Gasteiger charge is 2.05. The second-order valence-corrected chi connectivity index (χ2v) is 3.48. The molecular formula is C11H12N4O2. The first-order chi connectivity index (χ1) is 8.25. The molecule has 2 heterocycles. The van der Waals surface area contributed by atoms with E-state index in [2.05, 4.69) is 15.5 Å². The van der Waals surface area contributed by atoms with Gasteiger partial charge in [-0.1, -0.05) is 0 Å². The molecule has 88 valence electrons. The van der Waals surface area contributed by atoms with Gasteiger partial charge in [-0.25, -0.2) is 5.10 Å². The maximum atomic E-state index is 11.6. The fourth-order valence-corrected chi connectivity index (χ4v) is 1.38. The van der Waals surface area contributed by atoms with Gasteiger partial charge in [0.2, 0.25) is 0 Å². The fourth-order valence-electron chi connectivity index (χ4n) is 1.38. The van der Waals surface area contributed by atoms with Crippen LogP contribution in [-0.2, 0) is 6.54 Å². The average molecular weight is 232 g/mol. The summed E-state index contributed by atoms with van der Waals surface area (Å²) in [5.74, 6) is -0.298. The molecule has 0 aromatic carbocycles. The van der Waals surface area contributed by atoms with Gasteiger partial charge in [-0.15, -0.1) is 0 Å². The highest BCUT2D eigenvalue weighted by molar-refractivity contribution is 5.91. The first kappa shape index (κ1) is 11.1. The Kier molecular flexibility index (Phi) is 3.34. The molecule has 2 N–H and O–H groups in total. The van der Waals surface area contributed by atoms with E-state index in [1.54, 1.807) is 0 Å². The molecule has 1 amide bonds. The molecule has 6 nitrogen and oxygen atoms in total. The van der Waals surface area contributed by atoms with E-state index in [1.807, 2.05) is 29.1 Å². The van der Waals surface area contributed by atoms with Crippen LogP contribution in [-0.4, -0.2) is 27.2 Å². The van der Waals surface area contributed by atoms with Crippen molar-refractivity contribution in [1.29, 1.82) is 0 Å². The third-order valence-electron chi connectivity index (χ3n) is 2.23. The Hall–Kier alpha value is -2.37. The number of carbonyl (C=O) groups excluding carboxylic acids is 1. The number of hydrogen-bond acceptors (Lipinski definition) is 3. The Morgan fingerprint density at radius 2 is 2.12 bits per heavy atom. The van der Waals surface area contributed by atoms with E-state index in [0.717, 1.165) is 0 Å². The van der Waals surface area contributed by atoms with Crippen LogP contribution in [0, 0.1) is 0 Å². The summed E-state index contributed by atoms with van der Waals surface area (Å²) in [5, 5.41) is 8.56. The van der Waals surface area contributed by atoms with E-state index in [-0.39, 0.29) is 17.2 Å². The highest BCUT2D eigenvalue weighted by Crippen LogP contribution is 1.90. The molecule has 0 aliphatic carbocycles. The molecule has 2 aromatic rings. The highest BCUT2D eigenvalue weighted by atomic mass is 16.2. The minimum Gasteiger partial charge on any atom is -0.353 e. The molecule has 0 spiro atoms. The standard InChI is InChI=1S/C11H12N4O2/c16-10-4-3-9(13-14-10)11(17)12-5-8-15-6-1-2-7-15/h1-4,6-7H,5,8H2,(H,12,17)(H,14,16). The second kappa shape index (κ2) is 5.11. The minimum absolute atomic E-state index is 0.206. The Bertz CT molecular complexity index is 524. The van der Waals surface area contributed by atoms with E-state index in [9.17, 15) is 9.59 Å². The summed E-state index contributed by atoms with van der Waals surface area (Å²) in [6.07, 6.45) is 3.84. The summed E-state index contributed by atoms with van der Waals surface area (Å²) >= 11 is 0. The van der Waals surface area contributed by atoms with Crippen molar-refractivity contribution >= 4 is 5.91 Å². The molecule has 0 fully saturated rings. The molecule has 0 radical (unpaired) electrons. The predicted molar refractivity (Wildman–Crippen MR) is 61.6 cm³/mol. The third kappa shape index (κ3) is 3.04. The van der Waals surface area contributed by atoms with Crippen LogP contribution in [0.15, 0.2) is 41.5 Å². The third-order valence-corrected chi connectivity index (χ3v) is 2.23. The lowest BCUT2D eigenvalue weighted by atomic mass is 10.3. The molecule has 2 rings (SSSR count). The monoisotopic (exact) mass is 232 g/mol. The second-order valence-electron chi connectivity index (χ2n) is 3.48. The van der Waals surface area contributed by atoms with Crippen molar-refractivity contribution in [3.8, 4) is 0 Å². The van der Waals surface area contributed by atoms with Crippen LogP contribution < -0.4 is 10.9 Å². The normalized spacial score (nSPS) is 10.1. The van der Waals surface area contributed by atoms with Crippen molar-refractivity contribution < 1.29 is 4.79 Å². The van der Waals surface area contributed by atoms with Gasteiger partial charge in [-0.05, 0) is 18.2 Å². The number of nitrogens with zero attached hydrogens (tertiary/aromatic N) is 2. The van der Waals surface area contributed by atoms with Gasteiger partial charge in [0.05, 0.1) is 0 Å². The summed E-state index contributed by atoms with van der Waals surface area (Å²) in [7, 11) is 0. The number of aromatic amines is 1. The minimum atomic E-state index is -0.325. The van der Waals surface area contributed by atoms with Crippen LogP contribution in [0.25, 0.3) is 0 Å². The Morgan fingerprint density at radius 1 is 1.35 bits per heavy atom. The van der Waals surface area contributed by atoms with Crippen molar-refractivity contribution in [3.63, 3.8) is 0 Å². The molecule has 2 aromatic heterocycles. The lowest BCUT2D eigenvalue weighted by Gasteiger charge is -2.05. The molecular weight excluding hydrogens is 220 g/mol. The first-order valence-electron chi connectivity index (χ1n) is 5.20. The summed E-state index contributed by atoms with van der Waals surface area (Å²) in [5.41, 5.74) is -0.119. The van der Waals surface area contributed by atoms with E-state index >= 15 is 0 Å². The van der Waals surface area contributed by atoms with E-state index < -0.39 is 0 Å². The molecule has 0 aliphatic heterocycles. The number of hydrogen-bond donors (Lipinski definition) is 2. The van der Waals surface area contributed by atoms with Crippen molar-refractivity contribution in [2.75, 3.05) is 6.54 Å². The van der Waals surface area contributed by atoms with Crippen molar-refractivity contribution in [2.24, 2.45) is 0 Å². The van der Waals surface area contributed by atoms with Crippen LogP contribution in [0.3, 0.4) is 0 Å². The zero-order chi connectivity index (χ0) is 12.1. The maximum absolute atomic E-state index is 11.6. The molecule has 0 bridgehead atoms. The van der Waals surface area contributed by atoms with Gasteiger partial charge in [-0.2, -0.15) is 5.10 Å². The molecule has 17 heavy (non-hydrogen) atoms. The Morgan fingerprint density at radius 3 is 2.76 bits per heavy atom. The summed E-state index contributed by atoms with van der Waals surface area (Å²) < 4.78 is 1.96. The van der Waals surface area contributed by atoms with Crippen LogP contribution in [0.2, 0.25) is 0 Å². The van der Waals surface area contributed by atoms with Gasteiger partial charge in [0, 0.05) is 31.5 Å². The SMILES string of the molecule is O=C(NCCn1cccc1)c1ccc(=O)[nH]n1. The molecule has 6 heteroatoms. The lowest BCUT2D eigenvalue weighted by Crippen LogP contribution is -2.28. The van der Waals surface area contributed by atoms with Gasteiger partial charge in [0.1, 0.15) is 5.69 Å². The predicted octanol–water partition coefficient (Wildman–Crippen LogP) is 0.00140. The molecule has 0 aliphatic rings. The lowest BCUT2D eigenvalue weighted by molar-refractivity contribution is 0.0946. The van der Waals surface area contributed by atoms with Crippen molar-refractivity contribution in [3.05, 3.63) is 52.7 Å². The number of amides is 1. The number of aromatic nitrogens is 3. The molecule has 0 unspecified atom stereocenters. The molecule has 0 saturated carbocycles. The molecule has 0 atom stereocenters. The average Bonchev–Trinajstić information content (AvgIpc) is 2.83. The number of rotatable bonds is 4. The van der Waals surface area contributed by atoms with Gasteiger partial charge in [0.25, 0.3) is 11.5 Å². The summed E-state index contributed by atoms with van der Waals surface area (Å²) in [6, 6.07) is 6.51. The molecule has 0 saturated heterocycles. The van der Waals surface area contributed by atoms with Crippen molar-refractivity contribution in [1.82, 2.24) is 20.1 Å². The quantitative estimate of drug-likeness (QED) is 0.778. The summed E-state index contributed by atoms with van der Waals surface area (Å²) in [4.78, 5) is 22.3. The zero-order valence-corrected chi connectivity index (χ0v) is 9.09. The van der Waals surface area contributed by atoms with Gasteiger partial charge in [0.15, 0.2) is 0 Å². The number of nitrogens with one attached hydrogen (secondary N) is 2. The van der Waals surface area contributed by atoms with E-state index in [4.69, 9.17) is 0 Å². The smallest absolute Gasteiger partial charge is 0.271 e. The Labute approximate surface area is 97.3 Å². The van der Waals surface area contributed by atoms with Crippen LogP contribution in [0.4, 0.5) is 0 Å². The van der Waals surface area contributed by atoms with Gasteiger partial charge < -0.3 is 9.88 Å². The summed E-state index contributed by atoms with van der Waals surface area (Å²) in [6.45, 7) is 1.20. The van der Waals surface area contributed by atoms with Crippen LogP contribution in [0.1, 0.15) is 10.5 Å². The Balaban J connectivity index is 1.85. The first-order valence-corrected chi connectivity index (χ1v) is 5.20. The zero-order valence-electron chi connectivity index (χ0n) is 9.09. The number of H-pyrrole nitrogens is 1. The van der Waals surface area contributed by atoms with E-state index in [0.29, 0.717) is 13.1 Å². The largest absolute Gasteiger partial charge is 0.353 e. The number of carbonyl (C=O) groups is 1. The van der Waals surface area contributed by atoms with Crippen LogP contribution in [0.5, 0.6) is 0 Å². The van der Waals surface area contributed by atoms with Crippen LogP contribution >= 0.6 is 0 Å². The maximum Gasteiger partial charge on any atom is 0.271 e. The van der Waals surface area contributed by atoms with E-state index in [1.165, 1.54) is 12.1 Å². The topological polar surface area (TPSA) is 79.8 Å². The fraction of sp³-hybridized carbons (Fsp3) is 0.182. The van der Waals surface area contributed by atoms with Gasteiger partial charge >= 0.3 is 0 Å².